The maximum Gasteiger partial charge on any atom is 3.00 e. The fourth-order valence-electron chi connectivity index (χ4n) is 0. The van der Waals surface area contributed by atoms with E-state index in [1.807, 2.05) is 0 Å². The van der Waals surface area contributed by atoms with Crippen molar-refractivity contribution in [2.24, 2.45) is 0 Å². The summed E-state index contributed by atoms with van der Waals surface area (Å²) in [5.74, 6) is -1.08. The number of hydrogen-bond acceptors (Lipinski definition) is 6. The predicted molar refractivity (Wildman–Crippen MR) is 21.2 cm³/mol. The minimum atomic E-state index is -5.17. The van der Waals surface area contributed by atoms with Gasteiger partial charge in [0.05, 0.1) is 0 Å². The molecule has 0 amide bonds. The Kier molecular flexibility index (Phi) is 11.5. The monoisotopic (exact) mass is 218 g/mol. The third kappa shape index (κ3) is 18700. The molecule has 0 aliphatic heterocycles. The van der Waals surface area contributed by atoms with E-state index >= 15 is 0 Å². The summed E-state index contributed by atoms with van der Waals surface area (Å²) in [5.41, 5.74) is 0. The van der Waals surface area contributed by atoms with Crippen LogP contribution in [0.3, 0.4) is 0 Å². The van der Waals surface area contributed by atoms with Gasteiger partial charge in [-0.2, -0.15) is 0 Å². The molecule has 64 valence electrons. The Bertz CT molecular complexity index is 158. The van der Waals surface area contributed by atoms with Crippen LogP contribution in [0.15, 0.2) is 0 Å². The van der Waals surface area contributed by atoms with Gasteiger partial charge in [-0.05, 0) is 6.92 Å². The zero-order chi connectivity index (χ0) is 8.08. The van der Waals surface area contributed by atoms with Gasteiger partial charge < -0.3 is 19.0 Å². The number of carbonyl (C=O) groups excluding carboxylic acids is 1. The third-order valence-electron chi connectivity index (χ3n) is 0. The summed E-state index contributed by atoms with van der Waals surface area (Å²) in [6, 6.07) is 0. The van der Waals surface area contributed by atoms with Crippen LogP contribution in [0.5, 0.6) is 0 Å². The van der Waals surface area contributed by atoms with Crippen molar-refractivity contribution >= 4 is 16.4 Å². The topological polar surface area (TPSA) is 120 Å². The minimum absolute atomic E-state index is 0. The summed E-state index contributed by atoms with van der Waals surface area (Å²) in [6.07, 6.45) is 0. The number of aliphatic carboxylic acids is 1. The second-order valence-corrected chi connectivity index (χ2v) is 1.72. The van der Waals surface area contributed by atoms with Crippen LogP contribution in [0.4, 0.5) is 0 Å². The van der Waals surface area contributed by atoms with Crippen molar-refractivity contribution in [2.75, 3.05) is 0 Å². The van der Waals surface area contributed by atoms with Crippen LogP contribution in [0.25, 0.3) is 0 Å². The SMILES string of the molecule is CC(=O)[O-].O=S(=O)([O-])[O-].[Cu+3]. The smallest absolute Gasteiger partial charge is 0.759 e. The fraction of sp³-hybridized carbons (Fsp3) is 0.500. The molecule has 6 nitrogen and oxygen atoms in total. The van der Waals surface area contributed by atoms with Gasteiger partial charge in [-0.25, -0.2) is 0 Å². The molecule has 0 spiro atoms. The van der Waals surface area contributed by atoms with Crippen molar-refractivity contribution in [3.63, 3.8) is 0 Å². The van der Waals surface area contributed by atoms with E-state index < -0.39 is 16.4 Å². The van der Waals surface area contributed by atoms with Gasteiger partial charge in [0.15, 0.2) is 0 Å². The van der Waals surface area contributed by atoms with Gasteiger partial charge in [0.2, 0.25) is 0 Å². The average molecular weight is 219 g/mol. The van der Waals surface area contributed by atoms with Crippen LogP contribution in [-0.2, 0) is 32.3 Å². The Hall–Kier alpha value is -0.141. The van der Waals surface area contributed by atoms with Crippen molar-refractivity contribution in [2.45, 2.75) is 6.92 Å². The quantitative estimate of drug-likeness (QED) is 0.250. The predicted octanol–water partition coefficient (Wildman–Crippen LogP) is -2.58. The Morgan fingerprint density at radius 1 is 1.30 bits per heavy atom. The molecule has 0 aromatic heterocycles. The molecule has 0 aliphatic carbocycles. The van der Waals surface area contributed by atoms with Crippen LogP contribution >= 0.6 is 0 Å². The molecule has 0 N–H and O–H groups in total. The minimum Gasteiger partial charge on any atom is -0.759 e. The molecule has 0 rings (SSSR count). The van der Waals surface area contributed by atoms with Gasteiger partial charge in [0.25, 0.3) is 0 Å². The Morgan fingerprint density at radius 2 is 1.30 bits per heavy atom. The fourth-order valence-corrected chi connectivity index (χ4v) is 0. The van der Waals surface area contributed by atoms with Crippen molar-refractivity contribution in [3.8, 4) is 0 Å². The number of carboxylic acid groups (broad SMARTS) is 1. The van der Waals surface area contributed by atoms with Gasteiger partial charge >= 0.3 is 17.1 Å². The van der Waals surface area contributed by atoms with Crippen LogP contribution in [-0.4, -0.2) is 23.5 Å². The molecule has 10 heavy (non-hydrogen) atoms. The van der Waals surface area contributed by atoms with E-state index in [4.69, 9.17) is 27.4 Å². The number of hydrogen-bond donors (Lipinski definition) is 0. The first-order valence-corrected chi connectivity index (χ1v) is 2.91. The molecule has 0 saturated heterocycles. The molecule has 0 aromatic carbocycles. The summed E-state index contributed by atoms with van der Waals surface area (Å²) in [7, 11) is -5.17. The van der Waals surface area contributed by atoms with E-state index in [2.05, 4.69) is 0 Å². The van der Waals surface area contributed by atoms with Gasteiger partial charge in [-0.1, -0.05) is 0 Å². The Labute approximate surface area is 68.3 Å². The van der Waals surface area contributed by atoms with Crippen molar-refractivity contribution in [1.29, 1.82) is 0 Å². The first kappa shape index (κ1) is 16.4. The second kappa shape index (κ2) is 6.97. The van der Waals surface area contributed by atoms with Crippen LogP contribution < -0.4 is 5.11 Å². The summed E-state index contributed by atoms with van der Waals surface area (Å²) in [4.78, 5) is 8.89. The molecule has 0 heterocycles. The average Bonchev–Trinajstić information content (AvgIpc) is 1.19. The van der Waals surface area contributed by atoms with E-state index in [0.717, 1.165) is 6.92 Å². The molecule has 0 aromatic rings. The van der Waals surface area contributed by atoms with Crippen molar-refractivity contribution < 1.29 is 44.5 Å². The van der Waals surface area contributed by atoms with Crippen molar-refractivity contribution in [3.05, 3.63) is 0 Å². The molecular weight excluding hydrogens is 216 g/mol. The first-order valence-electron chi connectivity index (χ1n) is 1.57. The standard InChI is InChI=1S/C2H4O2.Cu.H2O4S/c1-2(3)4;;1-5(2,3)4/h1H3,(H,3,4);;(H2,1,2,3,4)/q;+3;/p-3. The Balaban J connectivity index is -0.0000000910. The van der Waals surface area contributed by atoms with E-state index in [0.29, 0.717) is 0 Å². The van der Waals surface area contributed by atoms with E-state index in [9.17, 15) is 0 Å². The van der Waals surface area contributed by atoms with E-state index in [-0.39, 0.29) is 17.1 Å². The maximum absolute atomic E-state index is 8.89. The van der Waals surface area contributed by atoms with E-state index in [1.165, 1.54) is 0 Å². The molecule has 0 atom stereocenters. The number of carboxylic acids is 1. The second-order valence-electron chi connectivity index (χ2n) is 0.900. The molecule has 0 unspecified atom stereocenters. The zero-order valence-electron chi connectivity index (χ0n) is 4.66. The maximum atomic E-state index is 8.89. The van der Waals surface area contributed by atoms with Gasteiger partial charge in [-0.3, -0.25) is 8.42 Å². The zero-order valence-corrected chi connectivity index (χ0v) is 6.42. The van der Waals surface area contributed by atoms with E-state index in [1.54, 1.807) is 0 Å². The normalized spacial score (nSPS) is 8.30. The van der Waals surface area contributed by atoms with Crippen molar-refractivity contribution in [1.82, 2.24) is 0 Å². The molecule has 0 fully saturated rings. The largest absolute Gasteiger partial charge is 3.00 e. The van der Waals surface area contributed by atoms with Crippen LogP contribution in [0, 0.1) is 0 Å². The van der Waals surface area contributed by atoms with Gasteiger partial charge in [0, 0.05) is 16.4 Å². The summed E-state index contributed by atoms with van der Waals surface area (Å²) < 4.78 is 34.1. The number of rotatable bonds is 0. The van der Waals surface area contributed by atoms with Crippen LogP contribution in [0.1, 0.15) is 6.92 Å². The Morgan fingerprint density at radius 3 is 1.30 bits per heavy atom. The number of carbonyl (C=O) groups is 1. The molecule has 8 heteroatoms. The summed E-state index contributed by atoms with van der Waals surface area (Å²) >= 11 is 0. The molecule has 0 bridgehead atoms. The third-order valence-corrected chi connectivity index (χ3v) is 0. The van der Waals surface area contributed by atoms with Gasteiger partial charge in [-0.15, -0.1) is 0 Å². The van der Waals surface area contributed by atoms with Crippen LogP contribution in [0.2, 0.25) is 0 Å². The summed E-state index contributed by atoms with van der Waals surface area (Å²) in [6.45, 7) is 0.972. The molecule has 0 saturated carbocycles. The first-order chi connectivity index (χ1) is 3.73. The molecular formula is C2H3CuO6S. The molecule has 0 radical (unpaired) electrons. The molecule has 0 aliphatic rings. The summed E-state index contributed by atoms with van der Waals surface area (Å²) in [5, 5.41) is 8.89. The van der Waals surface area contributed by atoms with Gasteiger partial charge in [0.1, 0.15) is 0 Å².